The number of fused-ring (bicyclic) bond motifs is 1. The van der Waals surface area contributed by atoms with E-state index in [9.17, 15) is 18.0 Å². The van der Waals surface area contributed by atoms with Crippen molar-refractivity contribution in [3.05, 3.63) is 30.3 Å². The van der Waals surface area contributed by atoms with E-state index < -0.39 is 29.4 Å². The fourth-order valence-electron chi connectivity index (χ4n) is 3.06. The molecular weight excluding hydrogens is 469 g/mol. The van der Waals surface area contributed by atoms with Crippen LogP contribution in [0.15, 0.2) is 28.9 Å². The lowest BCUT2D eigenvalue weighted by Gasteiger charge is -2.21. The summed E-state index contributed by atoms with van der Waals surface area (Å²) in [7, 11) is 0. The summed E-state index contributed by atoms with van der Waals surface area (Å²) >= 11 is 0. The molecule has 1 aliphatic rings. The number of carbonyl (C=O) groups excluding carboxylic acids is 1. The Morgan fingerprint density at radius 2 is 2.00 bits per heavy atom. The zero-order valence-electron chi connectivity index (χ0n) is 19.6. The highest BCUT2D eigenvalue weighted by molar-refractivity contribution is 5.75. The van der Waals surface area contributed by atoms with Crippen molar-refractivity contribution < 1.29 is 36.6 Å². The summed E-state index contributed by atoms with van der Waals surface area (Å²) in [5, 5.41) is 2.66. The van der Waals surface area contributed by atoms with Crippen LogP contribution in [0.3, 0.4) is 0 Å². The number of amides is 1. The summed E-state index contributed by atoms with van der Waals surface area (Å²) in [6, 6.07) is 2.17. The van der Waals surface area contributed by atoms with E-state index >= 15 is 0 Å². The van der Waals surface area contributed by atoms with Crippen molar-refractivity contribution in [3.8, 4) is 23.2 Å². The van der Waals surface area contributed by atoms with Gasteiger partial charge in [0, 0.05) is 18.6 Å². The minimum atomic E-state index is -2.71. The Hall–Kier alpha value is -3.57. The molecule has 1 amide bonds. The van der Waals surface area contributed by atoms with E-state index in [1.807, 2.05) is 0 Å². The summed E-state index contributed by atoms with van der Waals surface area (Å²) in [6.45, 7) is 6.94. The predicted molar refractivity (Wildman–Crippen MR) is 118 cm³/mol. The highest BCUT2D eigenvalue weighted by Crippen LogP contribution is 2.48. The number of pyridine rings is 2. The van der Waals surface area contributed by atoms with E-state index in [-0.39, 0.29) is 54.5 Å². The molecule has 3 aromatic rings. The SMILES string of the molecule is C[C@@H](COc1cc2oc(-c3ncc(OC[C@H]4CC4(F)F)cc3F)nc2cn1)NC(=O)OC(C)(C)C. The van der Waals surface area contributed by atoms with Gasteiger partial charge in [-0.2, -0.15) is 0 Å². The Bertz CT molecular complexity index is 1230. The smallest absolute Gasteiger partial charge is 0.407 e. The fourth-order valence-corrected chi connectivity index (χ4v) is 3.06. The van der Waals surface area contributed by atoms with Crippen LogP contribution in [0.2, 0.25) is 0 Å². The van der Waals surface area contributed by atoms with Gasteiger partial charge in [0.2, 0.25) is 11.8 Å². The first kappa shape index (κ1) is 24.6. The number of hydrogen-bond acceptors (Lipinski definition) is 8. The zero-order chi connectivity index (χ0) is 25.4. The molecule has 1 aliphatic carbocycles. The van der Waals surface area contributed by atoms with E-state index in [0.29, 0.717) is 5.52 Å². The number of halogens is 3. The molecule has 0 unspecified atom stereocenters. The number of nitrogens with zero attached hydrogens (tertiary/aromatic N) is 3. The second-order valence-corrected chi connectivity index (χ2v) is 9.34. The third kappa shape index (κ3) is 6.31. The molecule has 1 saturated carbocycles. The molecule has 3 aromatic heterocycles. The molecule has 35 heavy (non-hydrogen) atoms. The summed E-state index contributed by atoms with van der Waals surface area (Å²) in [5.74, 6) is -4.18. The van der Waals surface area contributed by atoms with Crippen molar-refractivity contribution in [2.45, 2.75) is 51.7 Å². The first-order valence-electron chi connectivity index (χ1n) is 10.9. The molecule has 0 aliphatic heterocycles. The Balaban J connectivity index is 1.37. The Labute approximate surface area is 199 Å². The Morgan fingerprint density at radius 3 is 2.66 bits per heavy atom. The predicted octanol–water partition coefficient (Wildman–Crippen LogP) is 4.75. The van der Waals surface area contributed by atoms with E-state index in [4.69, 9.17) is 18.6 Å². The molecule has 2 atom stereocenters. The molecule has 1 fully saturated rings. The van der Waals surface area contributed by atoms with Gasteiger partial charge in [0.15, 0.2) is 17.1 Å². The molecular formula is C23H25F3N4O5. The lowest BCUT2D eigenvalue weighted by Crippen LogP contribution is -2.40. The largest absolute Gasteiger partial charge is 0.491 e. The summed E-state index contributed by atoms with van der Waals surface area (Å²) in [6.07, 6.45) is 1.82. The number of alkyl carbamates (subject to hydrolysis) is 1. The van der Waals surface area contributed by atoms with Gasteiger partial charge in [-0.1, -0.05) is 0 Å². The number of aromatic nitrogens is 3. The van der Waals surface area contributed by atoms with Crippen molar-refractivity contribution in [1.29, 1.82) is 0 Å². The monoisotopic (exact) mass is 494 g/mol. The van der Waals surface area contributed by atoms with Gasteiger partial charge in [0.1, 0.15) is 23.5 Å². The summed E-state index contributed by atoms with van der Waals surface area (Å²) in [4.78, 5) is 24.1. The van der Waals surface area contributed by atoms with Crippen molar-refractivity contribution >= 4 is 17.2 Å². The molecule has 3 heterocycles. The lowest BCUT2D eigenvalue weighted by atomic mass is 10.2. The minimum Gasteiger partial charge on any atom is -0.491 e. The molecule has 9 nitrogen and oxygen atoms in total. The number of rotatable bonds is 8. The third-order valence-corrected chi connectivity index (χ3v) is 4.92. The van der Waals surface area contributed by atoms with Crippen molar-refractivity contribution in [1.82, 2.24) is 20.3 Å². The molecule has 0 spiro atoms. The molecule has 1 N–H and O–H groups in total. The van der Waals surface area contributed by atoms with Crippen LogP contribution in [0.1, 0.15) is 34.1 Å². The van der Waals surface area contributed by atoms with Crippen LogP contribution in [-0.4, -0.2) is 51.8 Å². The van der Waals surface area contributed by atoms with Gasteiger partial charge >= 0.3 is 6.09 Å². The highest BCUT2D eigenvalue weighted by atomic mass is 19.3. The Kier molecular flexibility index (Phi) is 6.48. The van der Waals surface area contributed by atoms with Crippen LogP contribution in [-0.2, 0) is 4.74 Å². The summed E-state index contributed by atoms with van der Waals surface area (Å²) in [5.41, 5.74) is -0.139. The first-order valence-corrected chi connectivity index (χ1v) is 10.9. The second-order valence-electron chi connectivity index (χ2n) is 9.34. The van der Waals surface area contributed by atoms with Crippen molar-refractivity contribution in [2.24, 2.45) is 5.92 Å². The van der Waals surface area contributed by atoms with Gasteiger partial charge in [-0.05, 0) is 27.7 Å². The van der Waals surface area contributed by atoms with E-state index in [1.54, 1.807) is 27.7 Å². The van der Waals surface area contributed by atoms with Gasteiger partial charge in [-0.25, -0.2) is 32.9 Å². The maximum atomic E-state index is 14.6. The topological polar surface area (TPSA) is 109 Å². The number of hydrogen-bond donors (Lipinski definition) is 1. The number of nitrogens with one attached hydrogen (secondary N) is 1. The van der Waals surface area contributed by atoms with Crippen LogP contribution in [0, 0.1) is 11.7 Å². The quantitative estimate of drug-likeness (QED) is 0.478. The maximum Gasteiger partial charge on any atom is 0.407 e. The van der Waals surface area contributed by atoms with Crippen molar-refractivity contribution in [3.63, 3.8) is 0 Å². The maximum absolute atomic E-state index is 14.6. The van der Waals surface area contributed by atoms with E-state index in [0.717, 1.165) is 6.07 Å². The fraction of sp³-hybridized carbons (Fsp3) is 0.478. The van der Waals surface area contributed by atoms with E-state index in [1.165, 1.54) is 18.5 Å². The number of alkyl halides is 2. The summed E-state index contributed by atoms with van der Waals surface area (Å²) < 4.78 is 62.1. The highest BCUT2D eigenvalue weighted by Gasteiger charge is 2.57. The average Bonchev–Trinajstić information content (AvgIpc) is 3.15. The lowest BCUT2D eigenvalue weighted by molar-refractivity contribution is 0.0493. The molecule has 188 valence electrons. The van der Waals surface area contributed by atoms with Gasteiger partial charge in [-0.15, -0.1) is 0 Å². The van der Waals surface area contributed by atoms with E-state index in [2.05, 4.69) is 20.3 Å². The molecule has 4 rings (SSSR count). The first-order chi connectivity index (χ1) is 16.4. The number of ether oxygens (including phenoxy) is 3. The van der Waals surface area contributed by atoms with Crippen LogP contribution in [0.25, 0.3) is 22.7 Å². The van der Waals surface area contributed by atoms with Gasteiger partial charge in [0.05, 0.1) is 31.0 Å². The van der Waals surface area contributed by atoms with Crippen LogP contribution >= 0.6 is 0 Å². The number of oxazole rings is 1. The van der Waals surface area contributed by atoms with Crippen LogP contribution in [0.4, 0.5) is 18.0 Å². The van der Waals surface area contributed by atoms with Crippen molar-refractivity contribution in [2.75, 3.05) is 13.2 Å². The zero-order valence-corrected chi connectivity index (χ0v) is 19.6. The molecule has 0 saturated heterocycles. The van der Waals surface area contributed by atoms with Crippen LogP contribution < -0.4 is 14.8 Å². The molecule has 0 radical (unpaired) electrons. The van der Waals surface area contributed by atoms with Gasteiger partial charge in [-0.3, -0.25) is 0 Å². The average molecular weight is 494 g/mol. The normalized spacial score (nSPS) is 17.6. The number of carbonyl (C=O) groups is 1. The standard InChI is InChI=1S/C23H25F3N4O5/c1-12(29-21(31)35-22(2,3)4)10-33-18-6-17-16(9-27-18)30-20(34-17)19-15(24)5-14(8-28-19)32-11-13-7-23(13,25)26/h5-6,8-9,12-13H,7,10-11H2,1-4H3,(H,29,31)/t12-,13+/m0/s1. The molecule has 0 bridgehead atoms. The van der Waals surface area contributed by atoms with Gasteiger partial charge < -0.3 is 23.9 Å². The minimum absolute atomic E-state index is 0.0384. The second kappa shape index (κ2) is 9.23. The third-order valence-electron chi connectivity index (χ3n) is 4.92. The van der Waals surface area contributed by atoms with Gasteiger partial charge in [0.25, 0.3) is 5.92 Å². The Morgan fingerprint density at radius 1 is 1.26 bits per heavy atom. The molecule has 0 aromatic carbocycles. The molecule has 12 heteroatoms. The van der Waals surface area contributed by atoms with Crippen LogP contribution in [0.5, 0.6) is 11.6 Å².